The number of carboxylic acids is 1. The summed E-state index contributed by atoms with van der Waals surface area (Å²) in [5.41, 5.74) is 6.00. The van der Waals surface area contributed by atoms with Crippen LogP contribution >= 0.6 is 0 Å². The van der Waals surface area contributed by atoms with Gasteiger partial charge in [-0.25, -0.2) is 9.78 Å². The number of aromatic amines is 1. The van der Waals surface area contributed by atoms with Crippen LogP contribution in [0.5, 0.6) is 0 Å². The minimum Gasteiger partial charge on any atom is -0.480 e. The molecule has 0 bridgehead atoms. The number of nitrogens with two attached hydrogens (primary N) is 1. The van der Waals surface area contributed by atoms with Crippen LogP contribution < -0.4 is 16.4 Å². The highest BCUT2D eigenvalue weighted by Gasteiger charge is 2.14. The van der Waals surface area contributed by atoms with E-state index in [1.807, 2.05) is 5.32 Å². The molecule has 0 saturated carbocycles. The first kappa shape index (κ1) is 13.6. The van der Waals surface area contributed by atoms with E-state index < -0.39 is 18.0 Å². The fourth-order valence-electron chi connectivity index (χ4n) is 1.10. The molecule has 1 unspecified atom stereocenters. The number of aliphatic carboxylic acids is 1. The van der Waals surface area contributed by atoms with E-state index in [2.05, 4.69) is 15.3 Å². The van der Waals surface area contributed by atoms with Gasteiger partial charge >= 0.3 is 12.0 Å². The molecular formula is C9H13N5O4. The number of rotatable bonds is 3. The zero-order valence-corrected chi connectivity index (χ0v) is 9.34. The Bertz CT molecular complexity index is 416. The summed E-state index contributed by atoms with van der Waals surface area (Å²) in [5, 5.41) is 12.7. The molecule has 1 aromatic rings. The Balaban J connectivity index is 0.000000199. The quantitative estimate of drug-likeness (QED) is 0.402. The first-order valence-corrected chi connectivity index (χ1v) is 5.02. The minimum atomic E-state index is -1.00. The molecule has 9 nitrogen and oxygen atoms in total. The smallest absolute Gasteiger partial charge is 0.321 e. The van der Waals surface area contributed by atoms with Crippen LogP contribution in [0.1, 0.15) is 5.69 Å². The molecule has 1 aromatic heterocycles. The number of urea groups is 1. The number of amides is 3. The highest BCUT2D eigenvalue weighted by Crippen LogP contribution is 1.95. The van der Waals surface area contributed by atoms with Gasteiger partial charge in [0, 0.05) is 18.3 Å². The van der Waals surface area contributed by atoms with Crippen LogP contribution in [0, 0.1) is 0 Å². The largest absolute Gasteiger partial charge is 0.480 e. The number of imide groups is 1. The van der Waals surface area contributed by atoms with E-state index in [1.165, 1.54) is 6.33 Å². The summed E-state index contributed by atoms with van der Waals surface area (Å²) in [6, 6.07) is -1.25. The zero-order valence-electron chi connectivity index (χ0n) is 9.34. The molecule has 2 rings (SSSR count). The second-order valence-corrected chi connectivity index (χ2v) is 3.46. The lowest BCUT2D eigenvalue weighted by molar-refractivity contribution is -0.138. The molecule has 9 heteroatoms. The van der Waals surface area contributed by atoms with Gasteiger partial charge in [-0.05, 0) is 0 Å². The number of hydrogen-bond acceptors (Lipinski definition) is 5. The predicted octanol–water partition coefficient (Wildman–Crippen LogP) is -1.81. The molecule has 1 fully saturated rings. The van der Waals surface area contributed by atoms with E-state index >= 15 is 0 Å². The van der Waals surface area contributed by atoms with E-state index in [9.17, 15) is 14.4 Å². The summed E-state index contributed by atoms with van der Waals surface area (Å²) in [5.74, 6) is -1.26. The number of carbonyl (C=O) groups is 3. The van der Waals surface area contributed by atoms with Crippen molar-refractivity contribution < 1.29 is 19.5 Å². The zero-order chi connectivity index (χ0) is 13.5. The summed E-state index contributed by atoms with van der Waals surface area (Å²) >= 11 is 0. The Morgan fingerprint density at radius 3 is 2.61 bits per heavy atom. The maximum Gasteiger partial charge on any atom is 0.321 e. The number of carbonyl (C=O) groups excluding carboxylic acids is 2. The van der Waals surface area contributed by atoms with Gasteiger partial charge in [0.25, 0.3) is 0 Å². The third-order valence-electron chi connectivity index (χ3n) is 1.97. The van der Waals surface area contributed by atoms with Gasteiger partial charge in [0.1, 0.15) is 6.04 Å². The topological polar surface area (TPSA) is 150 Å². The van der Waals surface area contributed by atoms with Crippen LogP contribution in [-0.4, -0.2) is 45.6 Å². The van der Waals surface area contributed by atoms with E-state index in [0.717, 1.165) is 5.69 Å². The molecule has 1 atom stereocenters. The first-order chi connectivity index (χ1) is 8.49. The Hall–Kier alpha value is -2.42. The number of H-pyrrole nitrogens is 1. The van der Waals surface area contributed by atoms with Crippen molar-refractivity contribution in [3.8, 4) is 0 Å². The SMILES string of the molecule is NC(Cc1cnc[nH]1)C(=O)O.O=C1CNC(=O)N1. The molecule has 0 radical (unpaired) electrons. The lowest BCUT2D eigenvalue weighted by Crippen LogP contribution is -2.32. The summed E-state index contributed by atoms with van der Waals surface area (Å²) < 4.78 is 0. The first-order valence-electron chi connectivity index (χ1n) is 5.02. The number of carboxylic acid groups (broad SMARTS) is 1. The number of hydrogen-bond donors (Lipinski definition) is 5. The maximum atomic E-state index is 10.3. The third-order valence-corrected chi connectivity index (χ3v) is 1.97. The predicted molar refractivity (Wildman–Crippen MR) is 59.4 cm³/mol. The summed E-state index contributed by atoms with van der Waals surface area (Å²) in [7, 11) is 0. The number of nitrogens with zero attached hydrogens (tertiary/aromatic N) is 1. The lowest BCUT2D eigenvalue weighted by Gasteiger charge is -2.02. The molecule has 2 heterocycles. The van der Waals surface area contributed by atoms with Crippen molar-refractivity contribution in [1.29, 1.82) is 0 Å². The van der Waals surface area contributed by atoms with E-state index in [0.29, 0.717) is 0 Å². The van der Waals surface area contributed by atoms with Crippen molar-refractivity contribution in [1.82, 2.24) is 20.6 Å². The minimum absolute atomic E-state index is 0.124. The van der Waals surface area contributed by atoms with Crippen molar-refractivity contribution in [2.24, 2.45) is 5.73 Å². The Labute approximate surface area is 102 Å². The van der Waals surface area contributed by atoms with Crippen LogP contribution in [0.3, 0.4) is 0 Å². The molecule has 0 spiro atoms. The van der Waals surface area contributed by atoms with E-state index in [4.69, 9.17) is 10.8 Å². The second kappa shape index (κ2) is 6.35. The molecule has 0 aliphatic carbocycles. The lowest BCUT2D eigenvalue weighted by atomic mass is 10.2. The molecular weight excluding hydrogens is 242 g/mol. The third kappa shape index (κ3) is 4.61. The Morgan fingerprint density at radius 1 is 1.56 bits per heavy atom. The average molecular weight is 255 g/mol. The Morgan fingerprint density at radius 2 is 2.28 bits per heavy atom. The molecule has 1 saturated heterocycles. The number of aromatic nitrogens is 2. The standard InChI is InChI=1S/C6H9N3O2.C3H4N2O2/c7-5(6(10)11)1-4-2-8-3-9-4;6-2-1-4-3(7)5-2/h2-3,5H,1,7H2,(H,8,9)(H,10,11);1H2,(H2,4,5,6,7). The molecule has 98 valence electrons. The van der Waals surface area contributed by atoms with Crippen LogP contribution in [0.2, 0.25) is 0 Å². The number of nitrogens with one attached hydrogen (secondary N) is 3. The van der Waals surface area contributed by atoms with E-state index in [1.54, 1.807) is 6.20 Å². The summed E-state index contributed by atoms with van der Waals surface area (Å²) in [6.45, 7) is 0.124. The maximum absolute atomic E-state index is 10.3. The highest BCUT2D eigenvalue weighted by molar-refractivity contribution is 6.01. The van der Waals surface area contributed by atoms with Crippen LogP contribution in [-0.2, 0) is 16.0 Å². The van der Waals surface area contributed by atoms with Gasteiger partial charge < -0.3 is 21.1 Å². The van der Waals surface area contributed by atoms with Gasteiger partial charge in [-0.15, -0.1) is 0 Å². The Kier molecular flexibility index (Phi) is 4.81. The van der Waals surface area contributed by atoms with Crippen molar-refractivity contribution in [3.63, 3.8) is 0 Å². The van der Waals surface area contributed by atoms with Crippen molar-refractivity contribution in [2.45, 2.75) is 12.5 Å². The van der Waals surface area contributed by atoms with Crippen LogP contribution in [0.4, 0.5) is 4.79 Å². The van der Waals surface area contributed by atoms with Crippen molar-refractivity contribution >= 4 is 17.9 Å². The van der Waals surface area contributed by atoms with Gasteiger partial charge in [0.2, 0.25) is 5.91 Å². The second-order valence-electron chi connectivity index (χ2n) is 3.46. The normalized spacial score (nSPS) is 15.2. The fraction of sp³-hybridized carbons (Fsp3) is 0.333. The number of imidazole rings is 1. The van der Waals surface area contributed by atoms with Crippen molar-refractivity contribution in [2.75, 3.05) is 6.54 Å². The highest BCUT2D eigenvalue weighted by atomic mass is 16.4. The average Bonchev–Trinajstić information content (AvgIpc) is 2.91. The molecule has 1 aliphatic rings. The van der Waals surface area contributed by atoms with Crippen molar-refractivity contribution in [3.05, 3.63) is 18.2 Å². The van der Waals surface area contributed by atoms with Crippen LogP contribution in [0.15, 0.2) is 12.5 Å². The van der Waals surface area contributed by atoms with Gasteiger partial charge in [0.05, 0.1) is 12.9 Å². The van der Waals surface area contributed by atoms with Crippen LogP contribution in [0.25, 0.3) is 0 Å². The molecule has 6 N–H and O–H groups in total. The molecule has 0 aromatic carbocycles. The van der Waals surface area contributed by atoms with Gasteiger partial charge in [-0.3, -0.25) is 14.9 Å². The van der Waals surface area contributed by atoms with Gasteiger partial charge in [-0.2, -0.15) is 0 Å². The molecule has 18 heavy (non-hydrogen) atoms. The van der Waals surface area contributed by atoms with E-state index in [-0.39, 0.29) is 18.9 Å². The summed E-state index contributed by atoms with van der Waals surface area (Å²) in [4.78, 5) is 36.8. The van der Waals surface area contributed by atoms with Gasteiger partial charge in [-0.1, -0.05) is 0 Å². The monoisotopic (exact) mass is 255 g/mol. The van der Waals surface area contributed by atoms with Gasteiger partial charge in [0.15, 0.2) is 0 Å². The fourth-order valence-corrected chi connectivity index (χ4v) is 1.10. The molecule has 3 amide bonds. The molecule has 1 aliphatic heterocycles. The summed E-state index contributed by atoms with van der Waals surface area (Å²) in [6.07, 6.45) is 3.34.